The van der Waals surface area contributed by atoms with E-state index < -0.39 is 0 Å². The van der Waals surface area contributed by atoms with Gasteiger partial charge in [-0.05, 0) is 37.8 Å². The summed E-state index contributed by atoms with van der Waals surface area (Å²) in [6.07, 6.45) is 3.96. The van der Waals surface area contributed by atoms with Crippen LogP contribution in [0.1, 0.15) is 35.5 Å². The predicted octanol–water partition coefficient (Wildman–Crippen LogP) is 2.86. The van der Waals surface area contributed by atoms with Crippen molar-refractivity contribution >= 4 is 11.6 Å². The summed E-state index contributed by atoms with van der Waals surface area (Å²) in [4.78, 5) is 22.3. The second-order valence-electron chi connectivity index (χ2n) is 6.63. The van der Waals surface area contributed by atoms with Crippen molar-refractivity contribution in [1.82, 2.24) is 14.9 Å². The minimum absolute atomic E-state index is 0.0396. The van der Waals surface area contributed by atoms with Crippen LogP contribution in [0.25, 0.3) is 0 Å². The number of rotatable bonds is 2. The van der Waals surface area contributed by atoms with Crippen molar-refractivity contribution < 1.29 is 0 Å². The molecule has 4 rings (SSSR count). The highest BCUT2D eigenvalue weighted by atomic mass is 35.5. The van der Waals surface area contributed by atoms with Gasteiger partial charge in [0.05, 0.1) is 5.69 Å². The Bertz CT molecular complexity index is 801. The Morgan fingerprint density at radius 2 is 2.00 bits per heavy atom. The van der Waals surface area contributed by atoms with Gasteiger partial charge in [-0.3, -0.25) is 9.69 Å². The lowest BCUT2D eigenvalue weighted by molar-refractivity contribution is 0.187. The molecule has 0 saturated carbocycles. The van der Waals surface area contributed by atoms with Crippen LogP contribution >= 0.6 is 11.6 Å². The van der Waals surface area contributed by atoms with Gasteiger partial charge in [-0.1, -0.05) is 29.8 Å². The van der Waals surface area contributed by atoms with Crippen LogP contribution in [0.15, 0.2) is 29.1 Å². The Balaban J connectivity index is 1.67. The van der Waals surface area contributed by atoms with E-state index in [9.17, 15) is 4.79 Å². The number of aryl methyl sites for hydroxylation is 1. The van der Waals surface area contributed by atoms with E-state index in [1.165, 1.54) is 6.42 Å². The molecule has 0 spiro atoms. The highest BCUT2D eigenvalue weighted by Crippen LogP contribution is 2.34. The second-order valence-corrected chi connectivity index (χ2v) is 7.04. The molecule has 1 N–H and O–H groups in total. The maximum absolute atomic E-state index is 12.3. The third-order valence-electron chi connectivity index (χ3n) is 5.17. The highest BCUT2D eigenvalue weighted by molar-refractivity contribution is 6.31. The highest BCUT2D eigenvalue weighted by Gasteiger charge is 2.38. The first-order chi connectivity index (χ1) is 11.1. The maximum Gasteiger partial charge on any atom is 0.254 e. The van der Waals surface area contributed by atoms with E-state index in [4.69, 9.17) is 11.6 Å². The number of hydrogen-bond acceptors (Lipinski definition) is 3. The Labute approximate surface area is 140 Å². The van der Waals surface area contributed by atoms with Gasteiger partial charge in [-0.25, -0.2) is 4.98 Å². The molecule has 1 aromatic heterocycles. The van der Waals surface area contributed by atoms with Gasteiger partial charge in [0.1, 0.15) is 5.82 Å². The summed E-state index contributed by atoms with van der Waals surface area (Å²) in [5.41, 5.74) is 3.07. The third kappa shape index (κ3) is 2.70. The van der Waals surface area contributed by atoms with E-state index in [1.807, 2.05) is 25.1 Å². The van der Waals surface area contributed by atoms with Gasteiger partial charge in [-0.2, -0.15) is 0 Å². The molecule has 1 fully saturated rings. The summed E-state index contributed by atoms with van der Waals surface area (Å²) < 4.78 is 0. The minimum atomic E-state index is 0.0396. The van der Waals surface area contributed by atoms with Crippen molar-refractivity contribution in [1.29, 1.82) is 0 Å². The Morgan fingerprint density at radius 3 is 2.78 bits per heavy atom. The summed E-state index contributed by atoms with van der Waals surface area (Å²) in [6, 6.07) is 8.89. The molecule has 120 valence electrons. The van der Waals surface area contributed by atoms with Crippen molar-refractivity contribution in [2.75, 3.05) is 0 Å². The Hall–Kier alpha value is -1.65. The maximum atomic E-state index is 12.3. The summed E-state index contributed by atoms with van der Waals surface area (Å²) in [5.74, 6) is 0.712. The van der Waals surface area contributed by atoms with E-state index in [0.29, 0.717) is 17.9 Å². The quantitative estimate of drug-likeness (QED) is 0.921. The fraction of sp³-hybridized carbons (Fsp3) is 0.444. The lowest BCUT2D eigenvalue weighted by Crippen LogP contribution is -2.36. The average molecular weight is 330 g/mol. The van der Waals surface area contributed by atoms with E-state index in [1.54, 1.807) is 0 Å². The first kappa shape index (κ1) is 14.9. The first-order valence-electron chi connectivity index (χ1n) is 8.19. The molecule has 0 amide bonds. The molecule has 23 heavy (non-hydrogen) atoms. The molecule has 2 bridgehead atoms. The molecule has 0 unspecified atom stereocenters. The van der Waals surface area contributed by atoms with E-state index >= 15 is 0 Å². The number of nitrogens with one attached hydrogen (secondary N) is 1. The molecule has 2 aliphatic rings. The van der Waals surface area contributed by atoms with Crippen LogP contribution in [0.2, 0.25) is 5.02 Å². The predicted molar refractivity (Wildman–Crippen MR) is 90.8 cm³/mol. The Morgan fingerprint density at radius 1 is 1.26 bits per heavy atom. The molecule has 3 heterocycles. The topological polar surface area (TPSA) is 49.0 Å². The normalized spacial score (nSPS) is 23.6. The summed E-state index contributed by atoms with van der Waals surface area (Å²) in [6.45, 7) is 2.70. The monoisotopic (exact) mass is 329 g/mol. The van der Waals surface area contributed by atoms with Crippen molar-refractivity contribution in [3.05, 3.63) is 62.3 Å². The van der Waals surface area contributed by atoms with Crippen molar-refractivity contribution in [2.45, 2.75) is 51.2 Å². The number of fused-ring (bicyclic) bond motifs is 3. The molecule has 4 nitrogen and oxygen atoms in total. The van der Waals surface area contributed by atoms with E-state index in [2.05, 4.69) is 20.9 Å². The summed E-state index contributed by atoms with van der Waals surface area (Å²) in [5, 5.41) is 0.820. The second kappa shape index (κ2) is 5.77. The van der Waals surface area contributed by atoms with Crippen LogP contribution in [-0.4, -0.2) is 27.0 Å². The molecule has 2 atom stereocenters. The van der Waals surface area contributed by atoms with Gasteiger partial charge in [-0.15, -0.1) is 0 Å². The molecule has 1 saturated heterocycles. The SMILES string of the molecule is Cc1nc2c(c(=O)[nH]1)C[C@H]1CC[C@@H](C2)N1Cc1ccccc1Cl. The van der Waals surface area contributed by atoms with E-state index in [0.717, 1.165) is 47.7 Å². The number of hydrogen-bond donors (Lipinski definition) is 1. The molecular formula is C18H20ClN3O. The molecule has 2 aromatic rings. The minimum Gasteiger partial charge on any atom is -0.311 e. The van der Waals surface area contributed by atoms with Crippen LogP contribution in [0, 0.1) is 6.92 Å². The van der Waals surface area contributed by atoms with Gasteiger partial charge in [0.2, 0.25) is 0 Å². The molecule has 0 aliphatic carbocycles. The molecule has 1 aromatic carbocycles. The zero-order valence-electron chi connectivity index (χ0n) is 13.2. The van der Waals surface area contributed by atoms with Crippen LogP contribution in [0.4, 0.5) is 0 Å². The largest absolute Gasteiger partial charge is 0.311 e. The first-order valence-corrected chi connectivity index (χ1v) is 8.57. The zero-order valence-corrected chi connectivity index (χ0v) is 13.9. The number of aromatic amines is 1. The van der Waals surface area contributed by atoms with Crippen molar-refractivity contribution in [3.63, 3.8) is 0 Å². The number of benzene rings is 1. The smallest absolute Gasteiger partial charge is 0.254 e. The van der Waals surface area contributed by atoms with Gasteiger partial charge in [0.15, 0.2) is 0 Å². The fourth-order valence-electron chi connectivity index (χ4n) is 4.04. The number of aromatic nitrogens is 2. The van der Waals surface area contributed by atoms with E-state index in [-0.39, 0.29) is 5.56 Å². The average Bonchev–Trinajstić information content (AvgIpc) is 2.78. The standard InChI is InChI=1S/C18H20ClN3O/c1-11-20-17-9-14-7-6-13(8-15(17)18(23)21-11)22(14)10-12-4-2-3-5-16(12)19/h2-5,13-14H,6-10H2,1H3,(H,20,21,23)/t13-,14+/m1/s1. The van der Waals surface area contributed by atoms with Gasteiger partial charge in [0.25, 0.3) is 5.56 Å². The van der Waals surface area contributed by atoms with Crippen LogP contribution in [-0.2, 0) is 19.4 Å². The fourth-order valence-corrected chi connectivity index (χ4v) is 4.24. The van der Waals surface area contributed by atoms with Crippen LogP contribution in [0.5, 0.6) is 0 Å². The number of H-pyrrole nitrogens is 1. The third-order valence-corrected chi connectivity index (χ3v) is 5.54. The molecule has 5 heteroatoms. The van der Waals surface area contributed by atoms with Crippen molar-refractivity contribution in [2.24, 2.45) is 0 Å². The van der Waals surface area contributed by atoms with Crippen LogP contribution < -0.4 is 5.56 Å². The lowest BCUT2D eigenvalue weighted by Gasteiger charge is -2.28. The van der Waals surface area contributed by atoms with Gasteiger partial charge < -0.3 is 4.98 Å². The molecule has 2 aliphatic heterocycles. The summed E-state index contributed by atoms with van der Waals surface area (Å²) >= 11 is 6.34. The summed E-state index contributed by atoms with van der Waals surface area (Å²) in [7, 11) is 0. The van der Waals surface area contributed by atoms with Crippen molar-refractivity contribution in [3.8, 4) is 0 Å². The number of halogens is 1. The molecular weight excluding hydrogens is 310 g/mol. The van der Waals surface area contributed by atoms with Crippen LogP contribution in [0.3, 0.4) is 0 Å². The van der Waals surface area contributed by atoms with Gasteiger partial charge >= 0.3 is 0 Å². The Kier molecular flexibility index (Phi) is 3.74. The molecule has 0 radical (unpaired) electrons. The van der Waals surface area contributed by atoms with Gasteiger partial charge in [0, 0.05) is 35.6 Å². The zero-order chi connectivity index (χ0) is 16.0. The number of nitrogens with zero attached hydrogens (tertiary/aromatic N) is 2. The lowest BCUT2D eigenvalue weighted by atomic mass is 9.98.